The van der Waals surface area contributed by atoms with E-state index in [-0.39, 0.29) is 0 Å². The second kappa shape index (κ2) is 6.41. The quantitative estimate of drug-likeness (QED) is 0.817. The van der Waals surface area contributed by atoms with Crippen molar-refractivity contribution in [3.8, 4) is 0 Å². The first-order chi connectivity index (χ1) is 9.91. The summed E-state index contributed by atoms with van der Waals surface area (Å²) in [5.41, 5.74) is 9.28. The van der Waals surface area contributed by atoms with Crippen molar-refractivity contribution in [3.05, 3.63) is 17.1 Å². The second-order valence-corrected chi connectivity index (χ2v) is 5.63. The Kier molecular flexibility index (Phi) is 4.80. The highest BCUT2D eigenvalue weighted by molar-refractivity contribution is 5.91. The molecular weight excluding hydrogens is 266 g/mol. The monoisotopic (exact) mass is 291 g/mol. The molecule has 0 radical (unpaired) electrons. The van der Waals surface area contributed by atoms with Gasteiger partial charge in [0.1, 0.15) is 17.3 Å². The van der Waals surface area contributed by atoms with Gasteiger partial charge in [0, 0.05) is 18.8 Å². The molecule has 0 saturated heterocycles. The van der Waals surface area contributed by atoms with Crippen LogP contribution in [0.2, 0.25) is 0 Å². The third kappa shape index (κ3) is 3.33. The molecule has 0 spiro atoms. The molecule has 0 aromatic carbocycles. The van der Waals surface area contributed by atoms with E-state index in [2.05, 4.69) is 33.3 Å². The molecule has 2 aromatic rings. The van der Waals surface area contributed by atoms with Crippen LogP contribution in [0, 0.1) is 20.8 Å². The molecule has 21 heavy (non-hydrogen) atoms. The number of nitrogens with zero attached hydrogens (tertiary/aromatic N) is 4. The second-order valence-electron chi connectivity index (χ2n) is 5.63. The van der Waals surface area contributed by atoms with Crippen molar-refractivity contribution in [1.29, 1.82) is 0 Å². The van der Waals surface area contributed by atoms with Gasteiger partial charge in [-0.25, -0.2) is 9.97 Å². The van der Waals surface area contributed by atoms with Crippen molar-refractivity contribution in [2.45, 2.75) is 27.3 Å². The Morgan fingerprint density at radius 1 is 1.14 bits per heavy atom. The van der Waals surface area contributed by atoms with Gasteiger partial charge in [0.2, 0.25) is 0 Å². The summed E-state index contributed by atoms with van der Waals surface area (Å²) in [4.78, 5) is 10.9. The van der Waals surface area contributed by atoms with Crippen LogP contribution in [0.15, 0.2) is 0 Å². The Morgan fingerprint density at radius 3 is 2.52 bits per heavy atom. The van der Waals surface area contributed by atoms with Crippen molar-refractivity contribution in [2.24, 2.45) is 0 Å². The summed E-state index contributed by atoms with van der Waals surface area (Å²) in [6.07, 6.45) is 0. The molecule has 0 atom stereocenters. The number of fused-ring (bicyclic) bond motifs is 1. The first-order valence-corrected chi connectivity index (χ1v) is 7.23. The molecular formula is C15H25N5O. The van der Waals surface area contributed by atoms with Gasteiger partial charge >= 0.3 is 0 Å². The van der Waals surface area contributed by atoms with Gasteiger partial charge < -0.3 is 19.9 Å². The number of hydrogen-bond acceptors (Lipinski definition) is 5. The molecule has 116 valence electrons. The highest BCUT2D eigenvalue weighted by atomic mass is 16.5. The van der Waals surface area contributed by atoms with Crippen molar-refractivity contribution in [3.63, 3.8) is 0 Å². The maximum atomic E-state index is 6.05. The number of likely N-dealkylation sites (N-methyl/N-ethyl adjacent to an activating group) is 1. The lowest BCUT2D eigenvalue weighted by Crippen LogP contribution is -2.19. The van der Waals surface area contributed by atoms with E-state index in [0.717, 1.165) is 36.3 Å². The normalized spacial score (nSPS) is 11.7. The van der Waals surface area contributed by atoms with Crippen LogP contribution in [-0.2, 0) is 11.3 Å². The molecule has 0 amide bonds. The molecule has 0 unspecified atom stereocenters. The number of nitrogens with two attached hydrogens (primary N) is 1. The molecule has 2 aromatic heterocycles. The number of aromatic nitrogens is 3. The fourth-order valence-electron chi connectivity index (χ4n) is 2.45. The minimum atomic E-state index is 0.561. The molecule has 0 saturated carbocycles. The van der Waals surface area contributed by atoms with Crippen LogP contribution in [0.5, 0.6) is 0 Å². The smallest absolute Gasteiger partial charge is 0.146 e. The Morgan fingerprint density at radius 2 is 1.86 bits per heavy atom. The molecule has 6 heteroatoms. The SMILES string of the molecule is Cc1nc(N)c2c(C)c(C)n(CCOCCN(C)C)c2n1. The predicted molar refractivity (Wildman–Crippen MR) is 85.5 cm³/mol. The molecule has 0 fully saturated rings. The standard InChI is InChI=1S/C15H25N5O/c1-10-11(2)20(7-9-21-8-6-19(4)5)15-13(10)14(16)17-12(3)18-15/h6-9H2,1-5H3,(H2,16,17,18). The van der Waals surface area contributed by atoms with Crippen LogP contribution in [0.4, 0.5) is 5.82 Å². The molecule has 0 aliphatic heterocycles. The maximum Gasteiger partial charge on any atom is 0.146 e. The summed E-state index contributed by atoms with van der Waals surface area (Å²) in [6, 6.07) is 0. The summed E-state index contributed by atoms with van der Waals surface area (Å²) < 4.78 is 7.86. The average Bonchev–Trinajstić information content (AvgIpc) is 2.62. The van der Waals surface area contributed by atoms with E-state index in [0.29, 0.717) is 18.2 Å². The summed E-state index contributed by atoms with van der Waals surface area (Å²) in [5, 5.41) is 0.964. The van der Waals surface area contributed by atoms with Crippen LogP contribution in [0.25, 0.3) is 11.0 Å². The van der Waals surface area contributed by atoms with E-state index in [1.807, 2.05) is 21.0 Å². The van der Waals surface area contributed by atoms with Crippen LogP contribution in [0.1, 0.15) is 17.1 Å². The Bertz CT molecular complexity index is 633. The molecule has 6 nitrogen and oxygen atoms in total. The minimum Gasteiger partial charge on any atom is -0.383 e. The van der Waals surface area contributed by atoms with Gasteiger partial charge in [0.15, 0.2) is 0 Å². The highest BCUT2D eigenvalue weighted by Gasteiger charge is 2.15. The van der Waals surface area contributed by atoms with Crippen LogP contribution in [-0.4, -0.2) is 53.3 Å². The lowest BCUT2D eigenvalue weighted by Gasteiger charge is -2.11. The summed E-state index contributed by atoms with van der Waals surface area (Å²) >= 11 is 0. The molecule has 2 rings (SSSR count). The van der Waals surface area contributed by atoms with E-state index in [1.54, 1.807) is 0 Å². The first-order valence-electron chi connectivity index (χ1n) is 7.23. The van der Waals surface area contributed by atoms with Crippen molar-refractivity contribution >= 4 is 16.9 Å². The number of aryl methyl sites for hydroxylation is 2. The minimum absolute atomic E-state index is 0.561. The zero-order chi connectivity index (χ0) is 15.6. The zero-order valence-electron chi connectivity index (χ0n) is 13.6. The van der Waals surface area contributed by atoms with Crippen LogP contribution in [0.3, 0.4) is 0 Å². The van der Waals surface area contributed by atoms with Crippen molar-refractivity contribution < 1.29 is 4.74 Å². The van der Waals surface area contributed by atoms with E-state index < -0.39 is 0 Å². The van der Waals surface area contributed by atoms with Crippen molar-refractivity contribution in [2.75, 3.05) is 39.6 Å². The van der Waals surface area contributed by atoms with Gasteiger partial charge in [-0.1, -0.05) is 0 Å². The van der Waals surface area contributed by atoms with E-state index in [1.165, 1.54) is 5.69 Å². The number of hydrogen-bond donors (Lipinski definition) is 1. The van der Waals surface area contributed by atoms with Crippen LogP contribution >= 0.6 is 0 Å². The summed E-state index contributed by atoms with van der Waals surface area (Å²) in [7, 11) is 4.08. The van der Waals surface area contributed by atoms with Gasteiger partial charge in [0.25, 0.3) is 0 Å². The predicted octanol–water partition coefficient (Wildman–Crippen LogP) is 1.52. The Hall–Kier alpha value is -1.66. The average molecular weight is 291 g/mol. The number of ether oxygens (including phenoxy) is 1. The molecule has 0 aliphatic rings. The Labute approximate surface area is 125 Å². The van der Waals surface area contributed by atoms with Gasteiger partial charge in [-0.15, -0.1) is 0 Å². The fourth-order valence-corrected chi connectivity index (χ4v) is 2.45. The lowest BCUT2D eigenvalue weighted by atomic mass is 10.2. The Balaban J connectivity index is 2.18. The topological polar surface area (TPSA) is 69.2 Å². The molecule has 0 aliphatic carbocycles. The van der Waals surface area contributed by atoms with E-state index >= 15 is 0 Å². The largest absolute Gasteiger partial charge is 0.383 e. The molecule has 0 bridgehead atoms. The zero-order valence-corrected chi connectivity index (χ0v) is 13.6. The highest BCUT2D eigenvalue weighted by Crippen LogP contribution is 2.27. The molecule has 2 heterocycles. The van der Waals surface area contributed by atoms with Gasteiger partial charge in [-0.2, -0.15) is 0 Å². The van der Waals surface area contributed by atoms with Gasteiger partial charge in [-0.05, 0) is 40.4 Å². The summed E-state index contributed by atoms with van der Waals surface area (Å²) in [6.45, 7) is 9.13. The fraction of sp³-hybridized carbons (Fsp3) is 0.600. The van der Waals surface area contributed by atoms with E-state index in [9.17, 15) is 0 Å². The maximum absolute atomic E-state index is 6.05. The van der Waals surface area contributed by atoms with Crippen LogP contribution < -0.4 is 5.73 Å². The van der Waals surface area contributed by atoms with Crippen molar-refractivity contribution in [1.82, 2.24) is 19.4 Å². The third-order valence-corrected chi connectivity index (χ3v) is 3.75. The number of rotatable bonds is 6. The number of nitrogen functional groups attached to an aromatic ring is 1. The first kappa shape index (κ1) is 15.7. The summed E-state index contributed by atoms with van der Waals surface area (Å²) in [5.74, 6) is 1.26. The third-order valence-electron chi connectivity index (χ3n) is 3.75. The van der Waals surface area contributed by atoms with Gasteiger partial charge in [-0.3, -0.25) is 0 Å². The molecule has 2 N–H and O–H groups in total. The lowest BCUT2D eigenvalue weighted by molar-refractivity contribution is 0.111. The van der Waals surface area contributed by atoms with E-state index in [4.69, 9.17) is 10.5 Å². The number of anilines is 1. The van der Waals surface area contributed by atoms with Gasteiger partial charge in [0.05, 0.1) is 18.6 Å².